The third kappa shape index (κ3) is 4.12. The number of hydrogen-bond donors (Lipinski definition) is 1. The van der Waals surface area contributed by atoms with Gasteiger partial charge in [0.25, 0.3) is 5.91 Å². The molecule has 8 nitrogen and oxygen atoms in total. The summed E-state index contributed by atoms with van der Waals surface area (Å²) in [6.45, 7) is 4.03. The number of hydrogen-bond acceptors (Lipinski definition) is 6. The summed E-state index contributed by atoms with van der Waals surface area (Å²) in [6, 6.07) is 1.83. The highest BCUT2D eigenvalue weighted by molar-refractivity contribution is 5.98. The molecule has 1 aromatic heterocycles. The zero-order chi connectivity index (χ0) is 19.5. The van der Waals surface area contributed by atoms with E-state index in [9.17, 15) is 9.59 Å². The van der Waals surface area contributed by atoms with Crippen LogP contribution < -0.4 is 5.73 Å². The Bertz CT molecular complexity index is 742. The largest absolute Gasteiger partial charge is 0.383 e. The van der Waals surface area contributed by atoms with Crippen LogP contribution in [0.15, 0.2) is 6.07 Å². The molecule has 3 aliphatic rings. The normalized spacial score (nSPS) is 22.6. The van der Waals surface area contributed by atoms with Crippen molar-refractivity contribution >= 4 is 17.6 Å². The van der Waals surface area contributed by atoms with Gasteiger partial charge in [0.05, 0.1) is 31.3 Å². The molecule has 0 saturated carbocycles. The average Bonchev–Trinajstić information content (AvgIpc) is 2.74. The van der Waals surface area contributed by atoms with Crippen LogP contribution in [-0.2, 0) is 27.2 Å². The van der Waals surface area contributed by atoms with Crippen molar-refractivity contribution in [3.8, 4) is 0 Å². The van der Waals surface area contributed by atoms with Gasteiger partial charge < -0.3 is 25.0 Å². The van der Waals surface area contributed by atoms with Crippen LogP contribution in [0.1, 0.15) is 47.3 Å². The number of morpholine rings is 1. The van der Waals surface area contributed by atoms with Gasteiger partial charge in [-0.3, -0.25) is 9.59 Å². The Kier molecular flexibility index (Phi) is 5.77. The van der Waals surface area contributed by atoms with Crippen LogP contribution in [0.2, 0.25) is 0 Å². The van der Waals surface area contributed by atoms with E-state index in [0.717, 1.165) is 37.1 Å². The van der Waals surface area contributed by atoms with Gasteiger partial charge in [-0.15, -0.1) is 0 Å². The zero-order valence-electron chi connectivity index (χ0n) is 16.2. The van der Waals surface area contributed by atoms with Gasteiger partial charge in [-0.05, 0) is 30.9 Å². The van der Waals surface area contributed by atoms with Crippen molar-refractivity contribution in [3.05, 3.63) is 22.9 Å². The molecule has 4 rings (SSSR count). The van der Waals surface area contributed by atoms with Crippen LogP contribution in [0.3, 0.4) is 0 Å². The molecule has 0 aromatic carbocycles. The Morgan fingerprint density at radius 3 is 2.71 bits per heavy atom. The number of fused-ring (bicyclic) bond motifs is 1. The fourth-order valence-electron chi connectivity index (χ4n) is 4.10. The standard InChI is InChI=1S/C20H28N4O4/c21-19-16(20(26)23-6-9-27-10-7-23)11-14-13-24(5-4-17(14)22-19)18(25)12-15-3-1-2-8-28-15/h11,15H,1-10,12-13H2,(H2,21,22)/t15-/m0/s1. The van der Waals surface area contributed by atoms with Crippen molar-refractivity contribution < 1.29 is 19.1 Å². The summed E-state index contributed by atoms with van der Waals surface area (Å²) in [7, 11) is 0. The van der Waals surface area contributed by atoms with E-state index in [-0.39, 0.29) is 23.7 Å². The summed E-state index contributed by atoms with van der Waals surface area (Å²) in [4.78, 5) is 33.6. The molecule has 4 heterocycles. The number of nitrogens with zero attached hydrogens (tertiary/aromatic N) is 3. The molecule has 3 aliphatic heterocycles. The van der Waals surface area contributed by atoms with Crippen molar-refractivity contribution in [2.24, 2.45) is 0 Å². The monoisotopic (exact) mass is 388 g/mol. The average molecular weight is 388 g/mol. The highest BCUT2D eigenvalue weighted by atomic mass is 16.5. The lowest BCUT2D eigenvalue weighted by molar-refractivity contribution is -0.136. The fourth-order valence-corrected chi connectivity index (χ4v) is 4.10. The van der Waals surface area contributed by atoms with E-state index in [1.54, 1.807) is 4.90 Å². The predicted octanol–water partition coefficient (Wildman–Crippen LogP) is 0.980. The van der Waals surface area contributed by atoms with Gasteiger partial charge >= 0.3 is 0 Å². The minimum atomic E-state index is -0.116. The molecule has 2 amide bonds. The number of nitrogens with two attached hydrogens (primary N) is 1. The summed E-state index contributed by atoms with van der Waals surface area (Å²) in [5.74, 6) is 0.260. The summed E-state index contributed by atoms with van der Waals surface area (Å²) in [5, 5.41) is 0. The molecule has 0 bridgehead atoms. The third-order valence-corrected chi connectivity index (χ3v) is 5.76. The van der Waals surface area contributed by atoms with Crippen molar-refractivity contribution in [3.63, 3.8) is 0 Å². The van der Waals surface area contributed by atoms with Crippen LogP contribution in [0, 0.1) is 0 Å². The summed E-state index contributed by atoms with van der Waals surface area (Å²) < 4.78 is 11.0. The van der Waals surface area contributed by atoms with Crippen LogP contribution >= 0.6 is 0 Å². The van der Waals surface area contributed by atoms with E-state index >= 15 is 0 Å². The summed E-state index contributed by atoms with van der Waals surface area (Å²) >= 11 is 0. The summed E-state index contributed by atoms with van der Waals surface area (Å²) in [5.41, 5.74) is 8.30. The second kappa shape index (κ2) is 8.45. The number of ether oxygens (including phenoxy) is 2. The lowest BCUT2D eigenvalue weighted by Crippen LogP contribution is -2.41. The quantitative estimate of drug-likeness (QED) is 0.829. The second-order valence-electron chi connectivity index (χ2n) is 7.69. The minimum Gasteiger partial charge on any atom is -0.383 e. The Morgan fingerprint density at radius 2 is 1.96 bits per heavy atom. The van der Waals surface area contributed by atoms with Crippen LogP contribution in [0.5, 0.6) is 0 Å². The van der Waals surface area contributed by atoms with Gasteiger partial charge in [-0.1, -0.05) is 0 Å². The van der Waals surface area contributed by atoms with E-state index in [1.807, 2.05) is 11.0 Å². The molecule has 0 aliphatic carbocycles. The van der Waals surface area contributed by atoms with E-state index < -0.39 is 0 Å². The number of pyridine rings is 1. The Labute approximate surface area is 165 Å². The molecule has 0 spiro atoms. The Hall–Kier alpha value is -2.19. The maximum atomic E-state index is 12.8. The fraction of sp³-hybridized carbons (Fsp3) is 0.650. The molecule has 152 valence electrons. The molecule has 2 saturated heterocycles. The van der Waals surface area contributed by atoms with Crippen molar-refractivity contribution in [2.45, 2.75) is 44.8 Å². The van der Waals surface area contributed by atoms with E-state index in [2.05, 4.69) is 4.98 Å². The first kappa shape index (κ1) is 19.1. The first-order valence-electron chi connectivity index (χ1n) is 10.2. The lowest BCUT2D eigenvalue weighted by atomic mass is 10.0. The molecular formula is C20H28N4O4. The van der Waals surface area contributed by atoms with Gasteiger partial charge in [0.2, 0.25) is 5.91 Å². The van der Waals surface area contributed by atoms with Gasteiger partial charge in [-0.25, -0.2) is 4.98 Å². The van der Waals surface area contributed by atoms with Crippen molar-refractivity contribution in [2.75, 3.05) is 45.2 Å². The zero-order valence-corrected chi connectivity index (χ0v) is 16.2. The molecule has 0 radical (unpaired) electrons. The van der Waals surface area contributed by atoms with Crippen LogP contribution in [0.4, 0.5) is 5.82 Å². The number of aromatic nitrogens is 1. The second-order valence-corrected chi connectivity index (χ2v) is 7.69. The molecule has 2 fully saturated rings. The van der Waals surface area contributed by atoms with Crippen molar-refractivity contribution in [1.82, 2.24) is 14.8 Å². The summed E-state index contributed by atoms with van der Waals surface area (Å²) in [6.07, 6.45) is 4.27. The van der Waals surface area contributed by atoms with Gasteiger partial charge in [0.15, 0.2) is 0 Å². The van der Waals surface area contributed by atoms with Crippen molar-refractivity contribution in [1.29, 1.82) is 0 Å². The molecule has 8 heteroatoms. The van der Waals surface area contributed by atoms with E-state index in [0.29, 0.717) is 57.8 Å². The lowest BCUT2D eigenvalue weighted by Gasteiger charge is -2.31. The third-order valence-electron chi connectivity index (χ3n) is 5.76. The number of rotatable bonds is 3. The predicted molar refractivity (Wildman–Crippen MR) is 103 cm³/mol. The van der Waals surface area contributed by atoms with Gasteiger partial charge in [0, 0.05) is 44.9 Å². The first-order chi connectivity index (χ1) is 13.6. The number of nitrogen functional groups attached to an aromatic ring is 1. The van der Waals surface area contributed by atoms with E-state index in [1.165, 1.54) is 0 Å². The highest BCUT2D eigenvalue weighted by Crippen LogP contribution is 2.25. The van der Waals surface area contributed by atoms with Crippen LogP contribution in [0.25, 0.3) is 0 Å². The minimum absolute atomic E-state index is 0.0330. The number of amides is 2. The van der Waals surface area contributed by atoms with Gasteiger partial charge in [-0.2, -0.15) is 0 Å². The number of anilines is 1. The Balaban J connectivity index is 1.46. The number of carbonyl (C=O) groups excluding carboxylic acids is 2. The Morgan fingerprint density at radius 1 is 1.14 bits per heavy atom. The van der Waals surface area contributed by atoms with E-state index in [4.69, 9.17) is 15.2 Å². The first-order valence-corrected chi connectivity index (χ1v) is 10.2. The molecule has 1 atom stereocenters. The SMILES string of the molecule is Nc1nc2c(cc1C(=O)N1CCOCC1)CN(C(=O)C[C@@H]1CCCCO1)CC2. The van der Waals surface area contributed by atoms with Gasteiger partial charge in [0.1, 0.15) is 5.82 Å². The molecule has 2 N–H and O–H groups in total. The maximum absolute atomic E-state index is 12.8. The topological polar surface area (TPSA) is 98.0 Å². The smallest absolute Gasteiger partial charge is 0.257 e. The maximum Gasteiger partial charge on any atom is 0.257 e. The highest BCUT2D eigenvalue weighted by Gasteiger charge is 2.28. The molecule has 28 heavy (non-hydrogen) atoms. The van der Waals surface area contributed by atoms with Crippen LogP contribution in [-0.4, -0.2) is 72.2 Å². The molecule has 1 aromatic rings. The number of carbonyl (C=O) groups is 2. The molecule has 0 unspecified atom stereocenters. The molecular weight excluding hydrogens is 360 g/mol.